The Hall–Kier alpha value is -3.19. The molecule has 1 amide bonds. The largest absolute Gasteiger partial charge is 0.478 e. The average Bonchev–Trinajstić information content (AvgIpc) is 3.11. The number of hydrogen-bond donors (Lipinski definition) is 4. The molecule has 5 N–H and O–H groups in total. The second-order valence-corrected chi connectivity index (χ2v) is 6.15. The summed E-state index contributed by atoms with van der Waals surface area (Å²) in [6, 6.07) is 13.2. The number of hydrogen-bond acceptors (Lipinski definition) is 5. The van der Waals surface area contributed by atoms with E-state index in [9.17, 15) is 19.5 Å². The fraction of sp³-hybridized carbons (Fsp3) is 0.211. The number of nitrogens with one attached hydrogen (secondary N) is 2. The number of primary amides is 1. The van der Waals surface area contributed by atoms with Crippen LogP contribution in [0.1, 0.15) is 39.1 Å². The molecule has 0 saturated carbocycles. The van der Waals surface area contributed by atoms with Crippen molar-refractivity contribution in [1.82, 2.24) is 5.32 Å². The van der Waals surface area contributed by atoms with E-state index in [4.69, 9.17) is 5.73 Å². The fourth-order valence-electron chi connectivity index (χ4n) is 3.17. The lowest BCUT2D eigenvalue weighted by atomic mass is 9.95. The minimum Gasteiger partial charge on any atom is -0.478 e. The summed E-state index contributed by atoms with van der Waals surface area (Å²) in [5.74, 6) is -2.23. The van der Waals surface area contributed by atoms with E-state index in [-0.39, 0.29) is 22.6 Å². The molecule has 1 heterocycles. The molecular formula is C19H19N3O4. The lowest BCUT2D eigenvalue weighted by Crippen LogP contribution is -2.54. The van der Waals surface area contributed by atoms with Gasteiger partial charge in [0.1, 0.15) is 0 Å². The summed E-state index contributed by atoms with van der Waals surface area (Å²) >= 11 is 0. The predicted molar refractivity (Wildman–Crippen MR) is 96.1 cm³/mol. The van der Waals surface area contributed by atoms with Gasteiger partial charge in [-0.25, -0.2) is 4.79 Å². The number of carboxylic acids is 1. The van der Waals surface area contributed by atoms with E-state index >= 15 is 0 Å². The number of carbonyl (C=O) groups is 3. The summed E-state index contributed by atoms with van der Waals surface area (Å²) in [7, 11) is 0. The van der Waals surface area contributed by atoms with E-state index < -0.39 is 17.5 Å². The summed E-state index contributed by atoms with van der Waals surface area (Å²) in [6.07, 6.45) is 1.02. The molecule has 134 valence electrons. The van der Waals surface area contributed by atoms with Crippen LogP contribution in [0.2, 0.25) is 0 Å². The number of anilines is 1. The second-order valence-electron chi connectivity index (χ2n) is 6.15. The molecule has 0 unspecified atom stereocenters. The first-order valence-corrected chi connectivity index (χ1v) is 8.24. The van der Waals surface area contributed by atoms with Crippen LogP contribution in [-0.4, -0.2) is 35.0 Å². The van der Waals surface area contributed by atoms with Crippen LogP contribution in [0.15, 0.2) is 48.5 Å². The van der Waals surface area contributed by atoms with Gasteiger partial charge in [0.05, 0.1) is 5.56 Å². The third kappa shape index (κ3) is 3.16. The van der Waals surface area contributed by atoms with Gasteiger partial charge in [-0.3, -0.25) is 14.9 Å². The predicted octanol–water partition coefficient (Wildman–Crippen LogP) is 1.59. The highest BCUT2D eigenvalue weighted by atomic mass is 16.4. The van der Waals surface area contributed by atoms with Crippen LogP contribution in [0.4, 0.5) is 5.69 Å². The number of nitrogens with two attached hydrogens (primary N) is 1. The molecule has 3 rings (SSSR count). The number of aliphatic carboxylic acids is 1. The Morgan fingerprint density at radius 1 is 1.08 bits per heavy atom. The topological polar surface area (TPSA) is 122 Å². The van der Waals surface area contributed by atoms with Crippen LogP contribution >= 0.6 is 0 Å². The zero-order valence-corrected chi connectivity index (χ0v) is 14.0. The van der Waals surface area contributed by atoms with Crippen molar-refractivity contribution in [2.45, 2.75) is 18.5 Å². The van der Waals surface area contributed by atoms with Crippen molar-refractivity contribution in [3.63, 3.8) is 0 Å². The zero-order chi connectivity index (χ0) is 18.7. The minimum atomic E-state index is -1.39. The maximum absolute atomic E-state index is 12.8. The maximum Gasteiger partial charge on any atom is 0.344 e. The number of carboxylic acid groups (broad SMARTS) is 1. The summed E-state index contributed by atoms with van der Waals surface area (Å²) in [5, 5.41) is 15.4. The molecule has 1 atom stereocenters. The summed E-state index contributed by atoms with van der Waals surface area (Å²) < 4.78 is 0. The lowest BCUT2D eigenvalue weighted by Gasteiger charge is -2.28. The molecule has 0 aliphatic carbocycles. The van der Waals surface area contributed by atoms with E-state index in [0.717, 1.165) is 0 Å². The monoisotopic (exact) mass is 353 g/mol. The molecule has 2 aromatic carbocycles. The molecule has 0 spiro atoms. The van der Waals surface area contributed by atoms with Gasteiger partial charge in [-0.15, -0.1) is 0 Å². The second kappa shape index (κ2) is 6.97. The first kappa shape index (κ1) is 17.6. The van der Waals surface area contributed by atoms with Gasteiger partial charge in [-0.05, 0) is 25.5 Å². The van der Waals surface area contributed by atoms with Crippen LogP contribution in [0.25, 0.3) is 0 Å². The number of benzene rings is 2. The molecule has 0 aromatic heterocycles. The van der Waals surface area contributed by atoms with E-state index in [1.54, 1.807) is 42.5 Å². The Bertz CT molecular complexity index is 858. The summed E-state index contributed by atoms with van der Waals surface area (Å²) in [6.45, 7) is 0.536. The van der Waals surface area contributed by atoms with Crippen LogP contribution in [0.3, 0.4) is 0 Å². The molecule has 0 radical (unpaired) electrons. The van der Waals surface area contributed by atoms with Crippen LogP contribution in [0.5, 0.6) is 0 Å². The summed E-state index contributed by atoms with van der Waals surface area (Å²) in [5.41, 5.74) is 4.88. The Labute approximate surface area is 150 Å². The minimum absolute atomic E-state index is 0.0179. The first-order chi connectivity index (χ1) is 12.4. The Morgan fingerprint density at radius 3 is 2.38 bits per heavy atom. The smallest absolute Gasteiger partial charge is 0.344 e. The molecule has 1 aliphatic rings. The number of rotatable bonds is 6. The molecule has 7 nitrogen and oxygen atoms in total. The first-order valence-electron chi connectivity index (χ1n) is 8.24. The van der Waals surface area contributed by atoms with Crippen molar-refractivity contribution < 1.29 is 19.5 Å². The van der Waals surface area contributed by atoms with Gasteiger partial charge in [-0.1, -0.05) is 42.5 Å². The zero-order valence-electron chi connectivity index (χ0n) is 14.0. The molecule has 26 heavy (non-hydrogen) atoms. The van der Waals surface area contributed by atoms with Gasteiger partial charge >= 0.3 is 5.97 Å². The molecule has 7 heteroatoms. The quantitative estimate of drug-likeness (QED) is 0.585. The van der Waals surface area contributed by atoms with Crippen LogP contribution in [0, 0.1) is 0 Å². The van der Waals surface area contributed by atoms with Gasteiger partial charge in [0, 0.05) is 16.8 Å². The highest BCUT2D eigenvalue weighted by Gasteiger charge is 2.42. The third-order valence-corrected chi connectivity index (χ3v) is 4.46. The van der Waals surface area contributed by atoms with Crippen LogP contribution < -0.4 is 16.4 Å². The molecular weight excluding hydrogens is 334 g/mol. The fourth-order valence-corrected chi connectivity index (χ4v) is 3.17. The Morgan fingerprint density at radius 2 is 1.81 bits per heavy atom. The lowest BCUT2D eigenvalue weighted by molar-refractivity contribution is -0.143. The summed E-state index contributed by atoms with van der Waals surface area (Å²) in [4.78, 5) is 36.6. The van der Waals surface area contributed by atoms with E-state index in [1.807, 2.05) is 0 Å². The van der Waals surface area contributed by atoms with E-state index in [0.29, 0.717) is 24.9 Å². The van der Waals surface area contributed by atoms with Crippen molar-refractivity contribution in [1.29, 1.82) is 0 Å². The van der Waals surface area contributed by atoms with Crippen LogP contribution in [-0.2, 0) is 4.79 Å². The van der Waals surface area contributed by atoms with Gasteiger partial charge in [0.2, 0.25) is 0 Å². The standard InChI is InChI=1S/C19H19N3O4/c20-17(24)15-13(16(23)12-6-2-1-3-7-12)8-4-9-14(15)22-19(18(25)26)10-5-11-21-19/h1-4,6-9,21-22H,5,10-11H2,(H2,20,24)(H,25,26)/t19-/m1/s1. The molecule has 2 aromatic rings. The highest BCUT2D eigenvalue weighted by molar-refractivity contribution is 6.17. The van der Waals surface area contributed by atoms with Gasteiger partial charge in [-0.2, -0.15) is 0 Å². The van der Waals surface area contributed by atoms with Crippen molar-refractivity contribution >= 4 is 23.3 Å². The third-order valence-electron chi connectivity index (χ3n) is 4.46. The molecule has 1 fully saturated rings. The number of carbonyl (C=O) groups excluding carboxylic acids is 2. The molecule has 1 aliphatic heterocycles. The normalized spacial score (nSPS) is 19.1. The van der Waals surface area contributed by atoms with Crippen molar-refractivity contribution in [2.24, 2.45) is 5.73 Å². The number of ketones is 1. The van der Waals surface area contributed by atoms with Gasteiger partial charge in [0.15, 0.2) is 11.4 Å². The van der Waals surface area contributed by atoms with E-state index in [2.05, 4.69) is 10.6 Å². The van der Waals surface area contributed by atoms with Gasteiger partial charge < -0.3 is 16.2 Å². The maximum atomic E-state index is 12.8. The molecule has 1 saturated heterocycles. The number of amides is 1. The molecule has 0 bridgehead atoms. The average molecular weight is 353 g/mol. The van der Waals surface area contributed by atoms with E-state index in [1.165, 1.54) is 6.07 Å². The van der Waals surface area contributed by atoms with Crippen molar-refractivity contribution in [2.75, 3.05) is 11.9 Å². The van der Waals surface area contributed by atoms with Crippen molar-refractivity contribution in [3.8, 4) is 0 Å². The highest BCUT2D eigenvalue weighted by Crippen LogP contribution is 2.28. The Balaban J connectivity index is 2.06. The van der Waals surface area contributed by atoms with Gasteiger partial charge in [0.25, 0.3) is 5.91 Å². The SMILES string of the molecule is NC(=O)c1c(N[C@@]2(C(=O)O)CCCN2)cccc1C(=O)c1ccccc1. The van der Waals surface area contributed by atoms with Crippen molar-refractivity contribution in [3.05, 3.63) is 65.2 Å². The Kier molecular flexibility index (Phi) is 4.73.